The Morgan fingerprint density at radius 2 is 1.94 bits per heavy atom. The van der Waals surface area contributed by atoms with Crippen molar-refractivity contribution in [2.45, 2.75) is 18.2 Å². The Bertz CT molecular complexity index is 363. The highest BCUT2D eigenvalue weighted by molar-refractivity contribution is 7.99. The van der Waals surface area contributed by atoms with Gasteiger partial charge >= 0.3 is 0 Å². The average molecular weight is 266 g/mol. The first-order valence-electron chi connectivity index (χ1n) is 6.19. The van der Waals surface area contributed by atoms with Gasteiger partial charge in [0, 0.05) is 30.2 Å². The second-order valence-electron chi connectivity index (χ2n) is 4.56. The maximum absolute atomic E-state index is 11.5. The molecule has 0 atom stereocenters. The summed E-state index contributed by atoms with van der Waals surface area (Å²) in [5, 5.41) is 2.92. The molecular weight excluding hydrogens is 244 g/mol. The maximum atomic E-state index is 11.5. The van der Waals surface area contributed by atoms with Crippen LogP contribution >= 0.6 is 11.8 Å². The van der Waals surface area contributed by atoms with E-state index in [1.165, 1.54) is 10.5 Å². The Hall–Kier alpha value is -1.00. The van der Waals surface area contributed by atoms with E-state index in [0.717, 1.165) is 18.8 Å². The minimum Gasteiger partial charge on any atom is -0.355 e. The molecule has 4 heteroatoms. The number of nitrogens with one attached hydrogen (secondary N) is 1. The largest absolute Gasteiger partial charge is 0.355 e. The van der Waals surface area contributed by atoms with Gasteiger partial charge in [0.15, 0.2) is 0 Å². The van der Waals surface area contributed by atoms with Gasteiger partial charge in [-0.3, -0.25) is 4.79 Å². The fourth-order valence-electron chi connectivity index (χ4n) is 1.40. The molecule has 1 aromatic carbocycles. The van der Waals surface area contributed by atoms with E-state index in [0.29, 0.717) is 6.42 Å². The summed E-state index contributed by atoms with van der Waals surface area (Å²) >= 11 is 1.73. The molecule has 0 aliphatic heterocycles. The number of aryl methyl sites for hydroxylation is 1. The summed E-state index contributed by atoms with van der Waals surface area (Å²) in [5.41, 5.74) is 1.26. The molecule has 0 heterocycles. The van der Waals surface area contributed by atoms with Crippen molar-refractivity contribution < 1.29 is 4.79 Å². The van der Waals surface area contributed by atoms with Crippen molar-refractivity contribution in [3.63, 3.8) is 0 Å². The van der Waals surface area contributed by atoms with Gasteiger partial charge in [0.25, 0.3) is 0 Å². The molecule has 0 aliphatic rings. The van der Waals surface area contributed by atoms with Crippen LogP contribution in [0.25, 0.3) is 0 Å². The number of carbonyl (C=O) groups excluding carboxylic acids is 1. The van der Waals surface area contributed by atoms with Gasteiger partial charge in [-0.15, -0.1) is 11.8 Å². The van der Waals surface area contributed by atoms with E-state index in [1.807, 2.05) is 14.1 Å². The van der Waals surface area contributed by atoms with E-state index >= 15 is 0 Å². The van der Waals surface area contributed by atoms with Gasteiger partial charge in [-0.2, -0.15) is 0 Å². The first-order chi connectivity index (χ1) is 8.58. The number of hydrogen-bond acceptors (Lipinski definition) is 3. The van der Waals surface area contributed by atoms with Crippen molar-refractivity contribution in [3.8, 4) is 0 Å². The monoisotopic (exact) mass is 266 g/mol. The second kappa shape index (κ2) is 8.16. The molecular formula is C14H22N2OS. The highest BCUT2D eigenvalue weighted by Gasteiger charge is 2.01. The van der Waals surface area contributed by atoms with E-state index in [2.05, 4.69) is 41.4 Å². The number of amides is 1. The summed E-state index contributed by atoms with van der Waals surface area (Å²) in [4.78, 5) is 14.8. The van der Waals surface area contributed by atoms with Crippen molar-refractivity contribution in [2.75, 3.05) is 32.9 Å². The van der Waals surface area contributed by atoms with Crippen LogP contribution in [0.2, 0.25) is 0 Å². The van der Waals surface area contributed by atoms with Gasteiger partial charge in [-0.05, 0) is 33.2 Å². The molecule has 0 radical (unpaired) electrons. The number of likely N-dealkylation sites (N-methyl/N-ethyl adjacent to an activating group) is 1. The van der Waals surface area contributed by atoms with Gasteiger partial charge in [-0.25, -0.2) is 0 Å². The lowest BCUT2D eigenvalue weighted by Gasteiger charge is -2.10. The summed E-state index contributed by atoms with van der Waals surface area (Å²) in [6.07, 6.45) is 0.575. The third-order valence-corrected chi connectivity index (χ3v) is 3.51. The minimum absolute atomic E-state index is 0.136. The van der Waals surface area contributed by atoms with Gasteiger partial charge in [-0.1, -0.05) is 17.7 Å². The standard InChI is InChI=1S/C14H22N2OS/c1-12-4-6-13(7-5-12)18-11-8-14(17)15-9-10-16(2)3/h4-7H,8-11H2,1-3H3,(H,15,17). The quantitative estimate of drug-likeness (QED) is 0.768. The van der Waals surface area contributed by atoms with Crippen LogP contribution in [-0.2, 0) is 4.79 Å². The maximum Gasteiger partial charge on any atom is 0.220 e. The molecule has 0 saturated carbocycles. The van der Waals surface area contributed by atoms with Gasteiger partial charge < -0.3 is 10.2 Å². The Kier molecular flexibility index (Phi) is 6.83. The molecule has 0 fully saturated rings. The van der Waals surface area contributed by atoms with Crippen LogP contribution in [0, 0.1) is 6.92 Å². The van der Waals surface area contributed by atoms with E-state index in [9.17, 15) is 4.79 Å². The molecule has 0 spiro atoms. The predicted octanol–water partition coefficient (Wildman–Crippen LogP) is 2.16. The fourth-order valence-corrected chi connectivity index (χ4v) is 2.26. The molecule has 1 aromatic rings. The summed E-state index contributed by atoms with van der Waals surface area (Å²) in [6.45, 7) is 3.69. The topological polar surface area (TPSA) is 32.3 Å². The van der Waals surface area contributed by atoms with Crippen LogP contribution in [0.15, 0.2) is 29.2 Å². The number of thioether (sulfide) groups is 1. The van der Waals surface area contributed by atoms with E-state index in [4.69, 9.17) is 0 Å². The zero-order chi connectivity index (χ0) is 13.4. The number of rotatable bonds is 7. The van der Waals surface area contributed by atoms with E-state index in [-0.39, 0.29) is 5.91 Å². The Labute approximate surface area is 114 Å². The van der Waals surface area contributed by atoms with Crippen molar-refractivity contribution in [1.29, 1.82) is 0 Å². The van der Waals surface area contributed by atoms with Crippen LogP contribution in [-0.4, -0.2) is 43.7 Å². The fraction of sp³-hybridized carbons (Fsp3) is 0.500. The molecule has 1 N–H and O–H groups in total. The predicted molar refractivity (Wildman–Crippen MR) is 78.1 cm³/mol. The highest BCUT2D eigenvalue weighted by atomic mass is 32.2. The molecule has 0 bridgehead atoms. The smallest absolute Gasteiger partial charge is 0.220 e. The molecule has 1 rings (SSSR count). The Balaban J connectivity index is 2.13. The Morgan fingerprint density at radius 1 is 1.28 bits per heavy atom. The van der Waals surface area contributed by atoms with E-state index in [1.54, 1.807) is 11.8 Å². The molecule has 100 valence electrons. The minimum atomic E-state index is 0.136. The third kappa shape index (κ3) is 6.67. The molecule has 0 aromatic heterocycles. The summed E-state index contributed by atoms with van der Waals surface area (Å²) in [6, 6.07) is 8.40. The lowest BCUT2D eigenvalue weighted by atomic mass is 10.2. The number of hydrogen-bond donors (Lipinski definition) is 1. The average Bonchev–Trinajstić information content (AvgIpc) is 2.31. The number of carbonyl (C=O) groups is 1. The van der Waals surface area contributed by atoms with E-state index < -0.39 is 0 Å². The highest BCUT2D eigenvalue weighted by Crippen LogP contribution is 2.18. The van der Waals surface area contributed by atoms with Gasteiger partial charge in [0.05, 0.1) is 0 Å². The summed E-state index contributed by atoms with van der Waals surface area (Å²) < 4.78 is 0. The van der Waals surface area contributed by atoms with Crippen LogP contribution < -0.4 is 5.32 Å². The van der Waals surface area contributed by atoms with Crippen LogP contribution in [0.5, 0.6) is 0 Å². The molecule has 3 nitrogen and oxygen atoms in total. The van der Waals surface area contributed by atoms with Crippen LogP contribution in [0.4, 0.5) is 0 Å². The van der Waals surface area contributed by atoms with Crippen molar-refractivity contribution >= 4 is 17.7 Å². The number of nitrogens with zero attached hydrogens (tertiary/aromatic N) is 1. The first kappa shape index (κ1) is 15.1. The molecule has 0 saturated heterocycles. The SMILES string of the molecule is Cc1ccc(SCCC(=O)NCCN(C)C)cc1. The van der Waals surface area contributed by atoms with Crippen molar-refractivity contribution in [1.82, 2.24) is 10.2 Å². The second-order valence-corrected chi connectivity index (χ2v) is 5.73. The summed E-state index contributed by atoms with van der Waals surface area (Å²) in [5.74, 6) is 0.966. The lowest BCUT2D eigenvalue weighted by Crippen LogP contribution is -2.31. The van der Waals surface area contributed by atoms with Crippen molar-refractivity contribution in [2.24, 2.45) is 0 Å². The molecule has 0 aliphatic carbocycles. The molecule has 18 heavy (non-hydrogen) atoms. The third-order valence-electron chi connectivity index (χ3n) is 2.50. The molecule has 1 amide bonds. The zero-order valence-electron chi connectivity index (χ0n) is 11.4. The van der Waals surface area contributed by atoms with Crippen LogP contribution in [0.3, 0.4) is 0 Å². The Morgan fingerprint density at radius 3 is 2.56 bits per heavy atom. The number of benzene rings is 1. The zero-order valence-corrected chi connectivity index (χ0v) is 12.2. The molecule has 0 unspecified atom stereocenters. The normalized spacial score (nSPS) is 10.7. The van der Waals surface area contributed by atoms with Crippen LogP contribution in [0.1, 0.15) is 12.0 Å². The van der Waals surface area contributed by atoms with Crippen molar-refractivity contribution in [3.05, 3.63) is 29.8 Å². The first-order valence-corrected chi connectivity index (χ1v) is 7.17. The van der Waals surface area contributed by atoms with Gasteiger partial charge in [0.1, 0.15) is 0 Å². The summed E-state index contributed by atoms with van der Waals surface area (Å²) in [7, 11) is 4.00. The lowest BCUT2D eigenvalue weighted by molar-refractivity contribution is -0.120. The van der Waals surface area contributed by atoms with Gasteiger partial charge in [0.2, 0.25) is 5.91 Å².